The van der Waals surface area contributed by atoms with Crippen molar-refractivity contribution in [1.82, 2.24) is 30.2 Å². The number of H-pyrrole nitrogens is 1. The van der Waals surface area contributed by atoms with E-state index >= 15 is 0 Å². The molecule has 1 aromatic carbocycles. The normalized spacial score (nSPS) is 15.7. The summed E-state index contributed by atoms with van der Waals surface area (Å²) in [5.74, 6) is 0.265. The van der Waals surface area contributed by atoms with Gasteiger partial charge in [0.15, 0.2) is 0 Å². The van der Waals surface area contributed by atoms with Gasteiger partial charge in [-0.1, -0.05) is 11.2 Å². The summed E-state index contributed by atoms with van der Waals surface area (Å²) in [6.07, 6.45) is 4.57. The van der Waals surface area contributed by atoms with Gasteiger partial charge < -0.3 is 14.2 Å². The van der Waals surface area contributed by atoms with Crippen LogP contribution in [0.2, 0.25) is 0 Å². The number of halogens is 1. The number of benzene rings is 1. The molecule has 1 saturated heterocycles. The van der Waals surface area contributed by atoms with Crippen LogP contribution in [0.5, 0.6) is 5.88 Å². The number of rotatable bonds is 6. The first-order valence-electron chi connectivity index (χ1n) is 10.7. The van der Waals surface area contributed by atoms with E-state index in [-0.39, 0.29) is 17.0 Å². The van der Waals surface area contributed by atoms with Gasteiger partial charge in [-0.2, -0.15) is 10.1 Å². The summed E-state index contributed by atoms with van der Waals surface area (Å²) in [7, 11) is 0. The summed E-state index contributed by atoms with van der Waals surface area (Å²) in [5, 5.41) is 10.7. The Morgan fingerprint density at radius 3 is 3.00 bits per heavy atom. The van der Waals surface area contributed by atoms with Gasteiger partial charge >= 0.3 is 0 Å². The molecule has 1 amide bonds. The molecular weight excluding hydrogens is 427 g/mol. The van der Waals surface area contributed by atoms with E-state index < -0.39 is 11.9 Å². The molecule has 3 aromatic heterocycles. The highest BCUT2D eigenvalue weighted by atomic mass is 19.1. The lowest BCUT2D eigenvalue weighted by Crippen LogP contribution is -2.31. The van der Waals surface area contributed by atoms with Gasteiger partial charge in [0.25, 0.3) is 5.91 Å². The first kappa shape index (κ1) is 20.8. The number of nitrogens with one attached hydrogen (secondary N) is 1. The van der Waals surface area contributed by atoms with Crippen molar-refractivity contribution in [1.29, 1.82) is 0 Å². The third-order valence-corrected chi connectivity index (χ3v) is 5.55. The van der Waals surface area contributed by atoms with E-state index in [0.29, 0.717) is 48.4 Å². The zero-order valence-electron chi connectivity index (χ0n) is 17.9. The van der Waals surface area contributed by atoms with Crippen LogP contribution >= 0.6 is 0 Å². The predicted molar refractivity (Wildman–Crippen MR) is 116 cm³/mol. The second-order valence-corrected chi connectivity index (χ2v) is 7.53. The van der Waals surface area contributed by atoms with Gasteiger partial charge in [0, 0.05) is 24.5 Å². The van der Waals surface area contributed by atoms with Gasteiger partial charge in [-0.15, -0.1) is 0 Å². The molecule has 10 heteroatoms. The lowest BCUT2D eigenvalue weighted by atomic mass is 10.0. The maximum Gasteiger partial charge on any atom is 0.255 e. The highest BCUT2D eigenvalue weighted by Crippen LogP contribution is 2.36. The summed E-state index contributed by atoms with van der Waals surface area (Å²) in [6.45, 7) is 2.81. The minimum atomic E-state index is -0.499. The van der Waals surface area contributed by atoms with Crippen molar-refractivity contribution in [3.8, 4) is 28.5 Å². The number of likely N-dealkylation sites (tertiary alicyclic amines) is 1. The lowest BCUT2D eigenvalue weighted by molar-refractivity contribution is 0.0710. The zero-order valence-corrected chi connectivity index (χ0v) is 17.9. The van der Waals surface area contributed by atoms with E-state index in [1.807, 2.05) is 6.92 Å². The highest BCUT2D eigenvalue weighted by Gasteiger charge is 2.36. The molecule has 9 nitrogen and oxygen atoms in total. The van der Waals surface area contributed by atoms with E-state index in [0.717, 1.165) is 6.42 Å². The average molecular weight is 448 g/mol. The average Bonchev–Trinajstić information content (AvgIpc) is 3.60. The third-order valence-electron chi connectivity index (χ3n) is 5.55. The number of carbonyl (C=O) groups is 1. The van der Waals surface area contributed by atoms with E-state index in [9.17, 15) is 9.18 Å². The number of aromatic amines is 1. The molecule has 1 N–H and O–H groups in total. The number of ether oxygens (including phenoxy) is 1. The van der Waals surface area contributed by atoms with Crippen molar-refractivity contribution in [2.24, 2.45) is 0 Å². The molecule has 5 rings (SSSR count). The van der Waals surface area contributed by atoms with E-state index in [1.54, 1.807) is 35.4 Å². The standard InChI is InChI=1S/C23H21FN6O3/c1-2-32-21-15(7-4-11-25-21)20-27-22(33-29-20)18-9-5-13-30(18)23(31)14-6-3-8-16(24)19(14)17-10-12-26-28-17/h3-4,6-8,10-12,18H,2,5,9,13H2,1H3,(H,26,28)/t18-/m0/s1. The highest BCUT2D eigenvalue weighted by molar-refractivity contribution is 6.01. The van der Waals surface area contributed by atoms with Crippen LogP contribution < -0.4 is 4.74 Å². The van der Waals surface area contributed by atoms with Crippen LogP contribution in [0.4, 0.5) is 4.39 Å². The van der Waals surface area contributed by atoms with Crippen molar-refractivity contribution >= 4 is 5.91 Å². The molecule has 0 bridgehead atoms. The maximum atomic E-state index is 14.7. The molecule has 168 valence electrons. The number of nitrogens with zero attached hydrogens (tertiary/aromatic N) is 5. The number of aromatic nitrogens is 5. The van der Waals surface area contributed by atoms with E-state index in [4.69, 9.17) is 9.26 Å². The number of pyridine rings is 1. The second kappa shape index (κ2) is 8.81. The Bertz CT molecular complexity index is 1270. The topological polar surface area (TPSA) is 110 Å². The fourth-order valence-electron chi connectivity index (χ4n) is 4.09. The predicted octanol–water partition coefficient (Wildman–Crippen LogP) is 4.04. The SMILES string of the molecule is CCOc1ncccc1-c1noc([C@@H]2CCCN2C(=O)c2cccc(F)c2-c2ccn[nH]2)n1. The molecule has 0 aliphatic carbocycles. The Labute approximate surface area is 188 Å². The Hall–Kier alpha value is -4.08. The van der Waals surface area contributed by atoms with Crippen molar-refractivity contribution < 1.29 is 18.4 Å². The number of amides is 1. The summed E-state index contributed by atoms with van der Waals surface area (Å²) < 4.78 is 25.8. The van der Waals surface area contributed by atoms with Gasteiger partial charge in [0.2, 0.25) is 17.6 Å². The maximum absolute atomic E-state index is 14.7. The summed E-state index contributed by atoms with van der Waals surface area (Å²) in [4.78, 5) is 23.9. The lowest BCUT2D eigenvalue weighted by Gasteiger charge is -2.23. The molecule has 1 aliphatic rings. The molecule has 4 heterocycles. The summed E-state index contributed by atoms with van der Waals surface area (Å²) in [5.41, 5.74) is 1.48. The van der Waals surface area contributed by atoms with Gasteiger partial charge in [0.05, 0.1) is 23.4 Å². The van der Waals surface area contributed by atoms with Gasteiger partial charge in [-0.3, -0.25) is 9.89 Å². The van der Waals surface area contributed by atoms with Crippen molar-refractivity contribution in [3.63, 3.8) is 0 Å². The molecule has 1 fully saturated rings. The number of carbonyl (C=O) groups excluding carboxylic acids is 1. The third kappa shape index (κ3) is 3.84. The second-order valence-electron chi connectivity index (χ2n) is 7.53. The first-order chi connectivity index (χ1) is 16.2. The zero-order chi connectivity index (χ0) is 22.8. The molecular formula is C23H21FN6O3. The Morgan fingerprint density at radius 2 is 2.18 bits per heavy atom. The smallest absolute Gasteiger partial charge is 0.255 e. The van der Waals surface area contributed by atoms with Gasteiger partial charge in [-0.05, 0) is 50.1 Å². The van der Waals surface area contributed by atoms with Crippen molar-refractivity contribution in [2.75, 3.05) is 13.2 Å². The minimum absolute atomic E-state index is 0.189. The first-order valence-corrected chi connectivity index (χ1v) is 10.7. The number of hydrogen-bond donors (Lipinski definition) is 1. The molecule has 0 spiro atoms. The van der Waals surface area contributed by atoms with E-state index in [1.165, 1.54) is 18.3 Å². The van der Waals surface area contributed by atoms with Crippen molar-refractivity contribution in [2.45, 2.75) is 25.8 Å². The van der Waals surface area contributed by atoms with Crippen LogP contribution in [0.25, 0.3) is 22.6 Å². The van der Waals surface area contributed by atoms with Crippen LogP contribution in [-0.4, -0.2) is 49.3 Å². The Balaban J connectivity index is 1.46. The summed E-state index contributed by atoms with van der Waals surface area (Å²) in [6, 6.07) is 9.24. The van der Waals surface area contributed by atoms with Gasteiger partial charge in [-0.25, -0.2) is 9.37 Å². The molecule has 1 atom stereocenters. The Kier molecular flexibility index (Phi) is 5.55. The van der Waals surface area contributed by atoms with Crippen LogP contribution in [0.1, 0.15) is 42.1 Å². The van der Waals surface area contributed by atoms with Gasteiger partial charge in [0.1, 0.15) is 11.9 Å². The fourth-order valence-corrected chi connectivity index (χ4v) is 4.09. The molecule has 33 heavy (non-hydrogen) atoms. The molecule has 0 unspecified atom stereocenters. The summed E-state index contributed by atoms with van der Waals surface area (Å²) >= 11 is 0. The number of hydrogen-bond acceptors (Lipinski definition) is 7. The quantitative estimate of drug-likeness (QED) is 0.474. The van der Waals surface area contributed by atoms with Crippen LogP contribution in [0.3, 0.4) is 0 Å². The van der Waals surface area contributed by atoms with Crippen LogP contribution in [0.15, 0.2) is 53.3 Å². The Morgan fingerprint density at radius 1 is 1.27 bits per heavy atom. The van der Waals surface area contributed by atoms with Crippen LogP contribution in [0, 0.1) is 5.82 Å². The van der Waals surface area contributed by atoms with Crippen molar-refractivity contribution in [3.05, 3.63) is 66.1 Å². The molecule has 0 radical (unpaired) electrons. The largest absolute Gasteiger partial charge is 0.477 e. The fraction of sp³-hybridized carbons (Fsp3) is 0.261. The molecule has 0 saturated carbocycles. The monoisotopic (exact) mass is 448 g/mol. The van der Waals surface area contributed by atoms with E-state index in [2.05, 4.69) is 25.3 Å². The van der Waals surface area contributed by atoms with Crippen LogP contribution in [-0.2, 0) is 0 Å². The molecule has 4 aromatic rings. The minimum Gasteiger partial charge on any atom is -0.477 e. The molecule has 1 aliphatic heterocycles.